The Balaban J connectivity index is 2.29. The van der Waals surface area contributed by atoms with E-state index in [1.54, 1.807) is 0 Å². The molecule has 0 fully saturated rings. The molecule has 82 valence electrons. The van der Waals surface area contributed by atoms with Gasteiger partial charge in [-0.1, -0.05) is 12.1 Å². The van der Waals surface area contributed by atoms with Crippen LogP contribution in [0.1, 0.15) is 0 Å². The Kier molecular flexibility index (Phi) is 1.45. The summed E-state index contributed by atoms with van der Waals surface area (Å²) < 4.78 is 11.6. The number of furan rings is 2. The number of anilines is 1. The topological polar surface area (TPSA) is 52.3 Å². The largest absolute Gasteiger partial charge is 0.452 e. The van der Waals surface area contributed by atoms with Crippen LogP contribution in [0.25, 0.3) is 33.1 Å². The Bertz CT molecular complexity index is 854. The van der Waals surface area contributed by atoms with Gasteiger partial charge < -0.3 is 14.6 Å². The lowest BCUT2D eigenvalue weighted by Crippen LogP contribution is -1.81. The minimum atomic E-state index is 0.693. The summed E-state index contributed by atoms with van der Waals surface area (Å²) in [6, 6.07) is 13.5. The van der Waals surface area contributed by atoms with Gasteiger partial charge in [0.1, 0.15) is 11.2 Å². The Hall–Kier alpha value is -2.42. The van der Waals surface area contributed by atoms with Crippen LogP contribution in [0, 0.1) is 0 Å². The fraction of sp³-hybridized carbons (Fsp3) is 0. The molecule has 3 nitrogen and oxygen atoms in total. The first-order valence-corrected chi connectivity index (χ1v) is 5.42. The quantitative estimate of drug-likeness (QED) is 0.460. The van der Waals surface area contributed by atoms with Crippen LogP contribution in [0.2, 0.25) is 0 Å². The van der Waals surface area contributed by atoms with E-state index in [1.807, 2.05) is 42.5 Å². The number of fused-ring (bicyclic) bond motifs is 5. The molecular weight excluding hydrogens is 214 g/mol. The molecule has 17 heavy (non-hydrogen) atoms. The van der Waals surface area contributed by atoms with E-state index in [2.05, 4.69) is 0 Å². The van der Waals surface area contributed by atoms with Gasteiger partial charge in [0.15, 0.2) is 11.2 Å². The lowest BCUT2D eigenvalue weighted by molar-refractivity contribution is 0.653. The molecule has 4 rings (SSSR count). The van der Waals surface area contributed by atoms with Gasteiger partial charge in [-0.05, 0) is 24.3 Å². The van der Waals surface area contributed by atoms with Crippen LogP contribution < -0.4 is 5.73 Å². The third kappa shape index (κ3) is 1.05. The summed E-state index contributed by atoms with van der Waals surface area (Å²) in [4.78, 5) is 0. The van der Waals surface area contributed by atoms with Gasteiger partial charge in [0.05, 0.1) is 10.8 Å². The van der Waals surface area contributed by atoms with Crippen molar-refractivity contribution in [2.45, 2.75) is 0 Å². The minimum Gasteiger partial charge on any atom is -0.452 e. The zero-order valence-electron chi connectivity index (χ0n) is 8.94. The van der Waals surface area contributed by atoms with E-state index in [-0.39, 0.29) is 0 Å². The third-order valence-corrected chi connectivity index (χ3v) is 3.01. The SMILES string of the molecule is Nc1ccc2c(c1)oc1c3ccccc3oc21. The second-order valence-electron chi connectivity index (χ2n) is 4.11. The molecule has 0 aliphatic rings. The first kappa shape index (κ1) is 8.70. The van der Waals surface area contributed by atoms with Crippen LogP contribution in [-0.4, -0.2) is 0 Å². The van der Waals surface area contributed by atoms with Gasteiger partial charge in [-0.2, -0.15) is 0 Å². The molecule has 0 aliphatic carbocycles. The van der Waals surface area contributed by atoms with Crippen molar-refractivity contribution >= 4 is 38.8 Å². The summed E-state index contributed by atoms with van der Waals surface area (Å²) in [6.07, 6.45) is 0. The van der Waals surface area contributed by atoms with E-state index < -0.39 is 0 Å². The third-order valence-electron chi connectivity index (χ3n) is 3.01. The summed E-state index contributed by atoms with van der Waals surface area (Å²) in [5.41, 5.74) is 9.63. The van der Waals surface area contributed by atoms with Crippen LogP contribution in [0.3, 0.4) is 0 Å². The molecule has 4 aromatic rings. The summed E-state index contributed by atoms with van der Waals surface area (Å²) in [5.74, 6) is 0. The first-order valence-electron chi connectivity index (χ1n) is 5.42. The minimum absolute atomic E-state index is 0.693. The highest BCUT2D eigenvalue weighted by Crippen LogP contribution is 2.36. The van der Waals surface area contributed by atoms with Crippen molar-refractivity contribution in [1.82, 2.24) is 0 Å². The van der Waals surface area contributed by atoms with E-state index in [0.29, 0.717) is 5.69 Å². The van der Waals surface area contributed by atoms with Crippen LogP contribution in [0.5, 0.6) is 0 Å². The summed E-state index contributed by atoms with van der Waals surface area (Å²) in [5, 5.41) is 1.96. The molecule has 0 unspecified atom stereocenters. The van der Waals surface area contributed by atoms with Gasteiger partial charge in [0.2, 0.25) is 0 Å². The zero-order chi connectivity index (χ0) is 11.4. The van der Waals surface area contributed by atoms with E-state index in [4.69, 9.17) is 14.6 Å². The number of benzene rings is 2. The van der Waals surface area contributed by atoms with Gasteiger partial charge in [0, 0.05) is 11.8 Å². The number of para-hydroxylation sites is 1. The second kappa shape index (κ2) is 2.83. The molecule has 0 aliphatic heterocycles. The average molecular weight is 223 g/mol. The molecule has 3 heteroatoms. The summed E-state index contributed by atoms with van der Waals surface area (Å²) in [6.45, 7) is 0. The molecule has 2 N–H and O–H groups in total. The lowest BCUT2D eigenvalue weighted by atomic mass is 10.2. The lowest BCUT2D eigenvalue weighted by Gasteiger charge is -1.91. The molecule has 2 aromatic carbocycles. The van der Waals surface area contributed by atoms with Crippen LogP contribution >= 0.6 is 0 Å². The number of hydrogen-bond acceptors (Lipinski definition) is 3. The number of nitrogens with two attached hydrogens (primary N) is 1. The highest BCUT2D eigenvalue weighted by atomic mass is 16.4. The molecule has 0 bridgehead atoms. The van der Waals surface area contributed by atoms with E-state index in [1.165, 1.54) is 0 Å². The van der Waals surface area contributed by atoms with Crippen molar-refractivity contribution in [3.05, 3.63) is 42.5 Å². The van der Waals surface area contributed by atoms with Gasteiger partial charge in [-0.15, -0.1) is 0 Å². The van der Waals surface area contributed by atoms with Crippen LogP contribution in [0.4, 0.5) is 5.69 Å². The maximum absolute atomic E-state index is 5.81. The summed E-state index contributed by atoms with van der Waals surface area (Å²) >= 11 is 0. The predicted molar refractivity (Wildman–Crippen MR) is 67.9 cm³/mol. The molecule has 0 atom stereocenters. The van der Waals surface area contributed by atoms with Crippen LogP contribution in [0.15, 0.2) is 51.3 Å². The maximum atomic E-state index is 5.81. The Labute approximate surface area is 96.4 Å². The van der Waals surface area contributed by atoms with Crippen molar-refractivity contribution in [2.24, 2.45) is 0 Å². The highest BCUT2D eigenvalue weighted by Gasteiger charge is 2.14. The molecule has 2 heterocycles. The molecule has 0 saturated heterocycles. The Morgan fingerprint density at radius 1 is 0.765 bits per heavy atom. The van der Waals surface area contributed by atoms with Crippen molar-refractivity contribution in [1.29, 1.82) is 0 Å². The average Bonchev–Trinajstić information content (AvgIpc) is 2.84. The van der Waals surface area contributed by atoms with Crippen molar-refractivity contribution in [3.8, 4) is 0 Å². The smallest absolute Gasteiger partial charge is 0.181 e. The molecule has 0 radical (unpaired) electrons. The molecular formula is C14H9NO2. The Morgan fingerprint density at radius 2 is 1.47 bits per heavy atom. The van der Waals surface area contributed by atoms with Crippen molar-refractivity contribution in [2.75, 3.05) is 5.73 Å². The molecule has 2 aromatic heterocycles. The highest BCUT2D eigenvalue weighted by molar-refractivity contribution is 6.12. The molecule has 0 saturated carbocycles. The fourth-order valence-corrected chi connectivity index (χ4v) is 2.22. The van der Waals surface area contributed by atoms with Crippen molar-refractivity contribution < 1.29 is 8.83 Å². The Morgan fingerprint density at radius 3 is 2.35 bits per heavy atom. The van der Waals surface area contributed by atoms with Crippen LogP contribution in [-0.2, 0) is 0 Å². The number of rotatable bonds is 0. The van der Waals surface area contributed by atoms with E-state index >= 15 is 0 Å². The first-order chi connectivity index (χ1) is 8.33. The van der Waals surface area contributed by atoms with Gasteiger partial charge in [-0.25, -0.2) is 0 Å². The van der Waals surface area contributed by atoms with Gasteiger partial charge in [-0.3, -0.25) is 0 Å². The monoisotopic (exact) mass is 223 g/mol. The standard InChI is InChI=1S/C14H9NO2/c15-8-5-6-10-12(7-8)17-13-9-3-1-2-4-11(9)16-14(10)13/h1-7H,15H2. The van der Waals surface area contributed by atoms with Gasteiger partial charge in [0.25, 0.3) is 0 Å². The van der Waals surface area contributed by atoms with E-state index in [9.17, 15) is 0 Å². The predicted octanol–water partition coefficient (Wildman–Crippen LogP) is 3.91. The normalized spacial score (nSPS) is 11.8. The molecule has 0 spiro atoms. The molecule has 0 amide bonds. The number of nitrogen functional groups attached to an aromatic ring is 1. The zero-order valence-corrected chi connectivity index (χ0v) is 8.94. The maximum Gasteiger partial charge on any atom is 0.181 e. The van der Waals surface area contributed by atoms with Crippen molar-refractivity contribution in [3.63, 3.8) is 0 Å². The summed E-state index contributed by atoms with van der Waals surface area (Å²) in [7, 11) is 0. The van der Waals surface area contributed by atoms with E-state index in [0.717, 1.165) is 33.1 Å². The number of hydrogen-bond donors (Lipinski definition) is 1. The fourth-order valence-electron chi connectivity index (χ4n) is 2.22. The van der Waals surface area contributed by atoms with Gasteiger partial charge >= 0.3 is 0 Å². The second-order valence-corrected chi connectivity index (χ2v) is 4.11.